The fourth-order valence-electron chi connectivity index (χ4n) is 2.36. The topological polar surface area (TPSA) is 51.0 Å². The minimum Gasteiger partial charge on any atom is -0.338 e. The molecule has 20 heavy (non-hydrogen) atoms. The van der Waals surface area contributed by atoms with E-state index >= 15 is 0 Å². The van der Waals surface area contributed by atoms with Crippen molar-refractivity contribution in [2.24, 2.45) is 0 Å². The largest absolute Gasteiger partial charge is 0.338 e. The zero-order valence-corrected chi connectivity index (χ0v) is 12.6. The summed E-state index contributed by atoms with van der Waals surface area (Å²) in [6.07, 6.45) is 4.10. The zero-order chi connectivity index (χ0) is 13.1. The van der Waals surface area contributed by atoms with Gasteiger partial charge >= 0.3 is 0 Å². The number of rotatable bonds is 3. The average molecular weight is 314 g/mol. The lowest BCUT2D eigenvalue weighted by atomic mass is 10.1. The van der Waals surface area contributed by atoms with Crippen molar-refractivity contribution in [3.8, 4) is 0 Å². The summed E-state index contributed by atoms with van der Waals surface area (Å²) in [4.78, 5) is 4.47. The summed E-state index contributed by atoms with van der Waals surface area (Å²) < 4.78 is 5.35. The van der Waals surface area contributed by atoms with Crippen LogP contribution in [-0.2, 0) is 6.42 Å². The summed E-state index contributed by atoms with van der Waals surface area (Å²) >= 11 is 6.13. The van der Waals surface area contributed by atoms with E-state index in [0.717, 1.165) is 23.6 Å². The molecule has 0 spiro atoms. The number of hydrogen-bond acceptors (Lipinski definition) is 4. The lowest BCUT2D eigenvalue weighted by Gasteiger charge is -2.19. The second kappa shape index (κ2) is 7.07. The standard InChI is InChI=1S/C14H16ClN3O.ClH/c15-11-6-2-1-5-10(11)9-13-17-14(19-18-13)12-7-3-4-8-16-12;/h1-2,5-6,12,16H,3-4,7-9H2;1H/t12-;/m0./s1. The molecule has 0 aliphatic carbocycles. The monoisotopic (exact) mass is 313 g/mol. The summed E-state index contributed by atoms with van der Waals surface area (Å²) in [5.74, 6) is 1.39. The van der Waals surface area contributed by atoms with Crippen LogP contribution in [0.1, 0.15) is 42.6 Å². The molecule has 1 N–H and O–H groups in total. The Balaban J connectivity index is 0.00000147. The van der Waals surface area contributed by atoms with Crippen molar-refractivity contribution in [3.05, 3.63) is 46.6 Å². The van der Waals surface area contributed by atoms with Gasteiger partial charge in [0.1, 0.15) is 0 Å². The first-order valence-corrected chi connectivity index (χ1v) is 7.00. The van der Waals surface area contributed by atoms with E-state index in [0.29, 0.717) is 18.1 Å². The van der Waals surface area contributed by atoms with Crippen molar-refractivity contribution in [3.63, 3.8) is 0 Å². The molecule has 6 heteroatoms. The van der Waals surface area contributed by atoms with Crippen LogP contribution in [0.25, 0.3) is 0 Å². The molecule has 0 bridgehead atoms. The number of piperidine rings is 1. The average Bonchev–Trinajstić information content (AvgIpc) is 2.91. The van der Waals surface area contributed by atoms with Crippen molar-refractivity contribution in [2.75, 3.05) is 6.54 Å². The predicted octanol–water partition coefficient (Wildman–Crippen LogP) is 3.55. The Morgan fingerprint density at radius 3 is 2.90 bits per heavy atom. The van der Waals surface area contributed by atoms with Gasteiger partial charge in [0.25, 0.3) is 0 Å². The minimum absolute atomic E-state index is 0. The van der Waals surface area contributed by atoms with Crippen LogP contribution in [0.2, 0.25) is 5.02 Å². The molecule has 1 aromatic carbocycles. The molecule has 1 aliphatic rings. The third-order valence-corrected chi connectivity index (χ3v) is 3.77. The Kier molecular flexibility index (Phi) is 5.40. The molecular formula is C14H17Cl2N3O. The maximum atomic E-state index is 6.13. The second-order valence-corrected chi connectivity index (χ2v) is 5.23. The SMILES string of the molecule is Cl.Clc1ccccc1Cc1noc([C@@H]2CCCCN2)n1. The highest BCUT2D eigenvalue weighted by Crippen LogP contribution is 2.22. The van der Waals surface area contributed by atoms with Crippen LogP contribution < -0.4 is 5.32 Å². The van der Waals surface area contributed by atoms with Crippen molar-refractivity contribution >= 4 is 24.0 Å². The number of nitrogens with one attached hydrogen (secondary N) is 1. The lowest BCUT2D eigenvalue weighted by molar-refractivity contribution is 0.296. The van der Waals surface area contributed by atoms with Crippen molar-refractivity contribution in [2.45, 2.75) is 31.7 Å². The van der Waals surface area contributed by atoms with E-state index in [-0.39, 0.29) is 18.4 Å². The molecular weight excluding hydrogens is 297 g/mol. The molecule has 108 valence electrons. The van der Waals surface area contributed by atoms with Gasteiger partial charge in [0, 0.05) is 11.4 Å². The van der Waals surface area contributed by atoms with Gasteiger partial charge in [0.15, 0.2) is 5.82 Å². The Bertz CT molecular complexity index is 553. The zero-order valence-electron chi connectivity index (χ0n) is 11.0. The second-order valence-electron chi connectivity index (χ2n) is 4.82. The Morgan fingerprint density at radius 1 is 1.30 bits per heavy atom. The minimum atomic E-state index is 0. The van der Waals surface area contributed by atoms with Crippen LogP contribution in [0.5, 0.6) is 0 Å². The molecule has 1 aliphatic heterocycles. The van der Waals surface area contributed by atoms with E-state index in [1.807, 2.05) is 24.3 Å². The normalized spacial score (nSPS) is 18.6. The van der Waals surface area contributed by atoms with Gasteiger partial charge in [-0.05, 0) is 31.0 Å². The van der Waals surface area contributed by atoms with Gasteiger partial charge in [0.2, 0.25) is 5.89 Å². The molecule has 0 radical (unpaired) electrons. The molecule has 0 amide bonds. The molecule has 1 saturated heterocycles. The highest BCUT2D eigenvalue weighted by Gasteiger charge is 2.21. The lowest BCUT2D eigenvalue weighted by Crippen LogP contribution is -2.27. The van der Waals surface area contributed by atoms with E-state index in [9.17, 15) is 0 Å². The molecule has 0 saturated carbocycles. The van der Waals surface area contributed by atoms with E-state index in [4.69, 9.17) is 16.1 Å². The van der Waals surface area contributed by atoms with Crippen LogP contribution in [0.15, 0.2) is 28.8 Å². The van der Waals surface area contributed by atoms with Crippen LogP contribution in [0.3, 0.4) is 0 Å². The van der Waals surface area contributed by atoms with Gasteiger partial charge < -0.3 is 9.84 Å². The third-order valence-electron chi connectivity index (χ3n) is 3.40. The van der Waals surface area contributed by atoms with Gasteiger partial charge in [-0.15, -0.1) is 12.4 Å². The van der Waals surface area contributed by atoms with Crippen LogP contribution in [0, 0.1) is 0 Å². The van der Waals surface area contributed by atoms with Crippen molar-refractivity contribution in [1.82, 2.24) is 15.5 Å². The molecule has 2 aromatic rings. The highest BCUT2D eigenvalue weighted by molar-refractivity contribution is 6.31. The first-order valence-electron chi connectivity index (χ1n) is 6.62. The molecule has 0 unspecified atom stereocenters. The fourth-order valence-corrected chi connectivity index (χ4v) is 2.56. The molecule has 4 nitrogen and oxygen atoms in total. The summed E-state index contributed by atoms with van der Waals surface area (Å²) in [5.41, 5.74) is 1.02. The highest BCUT2D eigenvalue weighted by atomic mass is 35.5. The number of halogens is 2. The number of nitrogens with zero attached hydrogens (tertiary/aromatic N) is 2. The first-order chi connectivity index (χ1) is 9.33. The van der Waals surface area contributed by atoms with Gasteiger partial charge in [-0.25, -0.2) is 0 Å². The Morgan fingerprint density at radius 2 is 2.15 bits per heavy atom. The fraction of sp³-hybridized carbons (Fsp3) is 0.429. The van der Waals surface area contributed by atoms with Crippen LogP contribution in [0.4, 0.5) is 0 Å². The molecule has 1 atom stereocenters. The Labute approximate surface area is 129 Å². The van der Waals surface area contributed by atoms with E-state index in [1.165, 1.54) is 12.8 Å². The van der Waals surface area contributed by atoms with Gasteiger partial charge in [0.05, 0.1) is 6.04 Å². The molecule has 3 rings (SSSR count). The van der Waals surface area contributed by atoms with Crippen molar-refractivity contribution < 1.29 is 4.52 Å². The number of hydrogen-bond donors (Lipinski definition) is 1. The number of aromatic nitrogens is 2. The Hall–Kier alpha value is -1.10. The summed E-state index contributed by atoms with van der Waals surface area (Å²) in [5, 5.41) is 8.19. The third kappa shape index (κ3) is 3.51. The summed E-state index contributed by atoms with van der Waals surface area (Å²) in [6, 6.07) is 7.95. The summed E-state index contributed by atoms with van der Waals surface area (Å²) in [6.45, 7) is 1.02. The van der Waals surface area contributed by atoms with E-state index in [1.54, 1.807) is 0 Å². The number of benzene rings is 1. The molecule has 2 heterocycles. The van der Waals surface area contributed by atoms with Crippen molar-refractivity contribution in [1.29, 1.82) is 0 Å². The maximum absolute atomic E-state index is 6.13. The smallest absolute Gasteiger partial charge is 0.243 e. The quantitative estimate of drug-likeness (QED) is 0.941. The maximum Gasteiger partial charge on any atom is 0.243 e. The van der Waals surface area contributed by atoms with Crippen LogP contribution >= 0.6 is 24.0 Å². The summed E-state index contributed by atoms with van der Waals surface area (Å²) in [7, 11) is 0. The van der Waals surface area contributed by atoms with E-state index in [2.05, 4.69) is 15.5 Å². The molecule has 1 fully saturated rings. The van der Waals surface area contributed by atoms with Gasteiger partial charge in [-0.3, -0.25) is 0 Å². The van der Waals surface area contributed by atoms with E-state index < -0.39 is 0 Å². The molecule has 1 aromatic heterocycles. The predicted molar refractivity (Wildman–Crippen MR) is 80.4 cm³/mol. The van der Waals surface area contributed by atoms with Gasteiger partial charge in [-0.2, -0.15) is 4.98 Å². The first kappa shape index (κ1) is 15.3. The van der Waals surface area contributed by atoms with Crippen LogP contribution in [-0.4, -0.2) is 16.7 Å². The van der Waals surface area contributed by atoms with Gasteiger partial charge in [-0.1, -0.05) is 41.4 Å².